The molecule has 1 N–H and O–H groups in total. The smallest absolute Gasteiger partial charge is 0.255 e. The standard InChI is InChI=1S/C21H21Cl2NO2/c22-14-9-10-16(17(23)12-14)19-11-13-5-1-2-6-15(13)21(26)24(19)18-7-3-4-8-20(18)25/h1-2,5-6,9-10,12,18-20,25H,3-4,7-8,11H2/t18-,19+,20-/m0/s1. The lowest BCUT2D eigenvalue weighted by Crippen LogP contribution is -2.52. The van der Waals surface area contributed by atoms with Crippen LogP contribution in [0.1, 0.15) is 53.2 Å². The summed E-state index contributed by atoms with van der Waals surface area (Å²) in [6.45, 7) is 0. The third-order valence-corrected chi connectivity index (χ3v) is 6.17. The van der Waals surface area contributed by atoms with Crippen molar-refractivity contribution in [2.75, 3.05) is 0 Å². The predicted molar refractivity (Wildman–Crippen MR) is 104 cm³/mol. The van der Waals surface area contributed by atoms with Crippen molar-refractivity contribution in [3.05, 3.63) is 69.2 Å². The number of hydrogen-bond donors (Lipinski definition) is 1. The Morgan fingerprint density at radius 2 is 1.81 bits per heavy atom. The van der Waals surface area contributed by atoms with E-state index in [1.165, 1.54) is 0 Å². The zero-order chi connectivity index (χ0) is 18.3. The number of fused-ring (bicyclic) bond motifs is 1. The number of amides is 1. The summed E-state index contributed by atoms with van der Waals surface area (Å²) in [7, 11) is 0. The van der Waals surface area contributed by atoms with Gasteiger partial charge >= 0.3 is 0 Å². The fraction of sp³-hybridized carbons (Fsp3) is 0.381. The molecule has 4 rings (SSSR count). The Kier molecular flexibility index (Phi) is 4.96. The van der Waals surface area contributed by atoms with Gasteiger partial charge < -0.3 is 10.0 Å². The number of aliphatic hydroxyl groups excluding tert-OH is 1. The largest absolute Gasteiger partial charge is 0.391 e. The summed E-state index contributed by atoms with van der Waals surface area (Å²) in [6, 6.07) is 12.8. The molecule has 1 aliphatic heterocycles. The van der Waals surface area contributed by atoms with Crippen molar-refractivity contribution in [3.8, 4) is 0 Å². The summed E-state index contributed by atoms with van der Waals surface area (Å²) in [5, 5.41) is 11.8. The third kappa shape index (κ3) is 3.13. The molecule has 3 atom stereocenters. The van der Waals surface area contributed by atoms with E-state index in [2.05, 4.69) is 0 Å². The van der Waals surface area contributed by atoms with Gasteiger partial charge in [-0.3, -0.25) is 4.79 Å². The highest BCUT2D eigenvalue weighted by Gasteiger charge is 2.41. The number of benzene rings is 2. The zero-order valence-electron chi connectivity index (χ0n) is 14.4. The van der Waals surface area contributed by atoms with Crippen molar-refractivity contribution in [2.24, 2.45) is 0 Å². The lowest BCUT2D eigenvalue weighted by atomic mass is 9.84. The van der Waals surface area contributed by atoms with Crippen molar-refractivity contribution in [3.63, 3.8) is 0 Å². The fourth-order valence-corrected chi connectivity index (χ4v) is 4.86. The molecule has 2 aromatic carbocycles. The Morgan fingerprint density at radius 1 is 1.04 bits per heavy atom. The quantitative estimate of drug-likeness (QED) is 0.781. The highest BCUT2D eigenvalue weighted by Crippen LogP contribution is 2.41. The predicted octanol–water partition coefficient (Wildman–Crippen LogP) is 5.04. The zero-order valence-corrected chi connectivity index (χ0v) is 15.9. The first kappa shape index (κ1) is 17.8. The minimum absolute atomic E-state index is 0.0196. The maximum Gasteiger partial charge on any atom is 0.255 e. The van der Waals surface area contributed by atoms with Gasteiger partial charge in [-0.25, -0.2) is 0 Å². The second-order valence-electron chi connectivity index (χ2n) is 7.17. The van der Waals surface area contributed by atoms with Crippen LogP contribution in [0.3, 0.4) is 0 Å². The van der Waals surface area contributed by atoms with Crippen molar-refractivity contribution in [2.45, 2.75) is 50.3 Å². The molecule has 0 aromatic heterocycles. The van der Waals surface area contributed by atoms with Crippen LogP contribution in [0.4, 0.5) is 0 Å². The molecule has 2 aromatic rings. The number of hydrogen-bond acceptors (Lipinski definition) is 2. The van der Waals surface area contributed by atoms with Crippen LogP contribution < -0.4 is 0 Å². The van der Waals surface area contributed by atoms with Gasteiger partial charge in [-0.1, -0.05) is 60.3 Å². The van der Waals surface area contributed by atoms with E-state index in [4.69, 9.17) is 23.2 Å². The van der Waals surface area contributed by atoms with Crippen molar-refractivity contribution < 1.29 is 9.90 Å². The molecule has 1 heterocycles. The van der Waals surface area contributed by atoms with Crippen molar-refractivity contribution >= 4 is 29.1 Å². The van der Waals surface area contributed by atoms with Crippen LogP contribution in [0.2, 0.25) is 10.0 Å². The van der Waals surface area contributed by atoms with Crippen molar-refractivity contribution in [1.29, 1.82) is 0 Å². The highest BCUT2D eigenvalue weighted by atomic mass is 35.5. The Balaban J connectivity index is 1.82. The SMILES string of the molecule is O=C1c2ccccc2C[C@H](c2ccc(Cl)cc2Cl)N1[C@H]1CCCC[C@@H]1O. The molecule has 3 nitrogen and oxygen atoms in total. The molecule has 0 saturated heterocycles. The van der Waals surface area contributed by atoms with E-state index in [0.717, 1.165) is 42.4 Å². The van der Waals surface area contributed by atoms with Gasteiger partial charge in [0.2, 0.25) is 0 Å². The molecule has 1 aliphatic carbocycles. The lowest BCUT2D eigenvalue weighted by molar-refractivity contribution is -0.000799. The van der Waals surface area contributed by atoms with Gasteiger partial charge in [-0.2, -0.15) is 0 Å². The van der Waals surface area contributed by atoms with Crippen LogP contribution in [-0.2, 0) is 6.42 Å². The molecule has 0 spiro atoms. The van der Waals surface area contributed by atoms with E-state index in [1.54, 1.807) is 6.07 Å². The molecule has 1 saturated carbocycles. The molecule has 1 fully saturated rings. The van der Waals surface area contributed by atoms with Crippen LogP contribution in [0.5, 0.6) is 0 Å². The maximum absolute atomic E-state index is 13.4. The van der Waals surface area contributed by atoms with E-state index in [9.17, 15) is 9.90 Å². The van der Waals surface area contributed by atoms with E-state index in [-0.39, 0.29) is 18.0 Å². The summed E-state index contributed by atoms with van der Waals surface area (Å²) >= 11 is 12.6. The molecule has 1 amide bonds. The number of carbonyl (C=O) groups excluding carboxylic acids is 1. The van der Waals surface area contributed by atoms with E-state index < -0.39 is 6.10 Å². The molecule has 2 aliphatic rings. The van der Waals surface area contributed by atoms with Gasteiger partial charge in [0, 0.05) is 15.6 Å². The second-order valence-corrected chi connectivity index (χ2v) is 8.02. The first-order chi connectivity index (χ1) is 12.6. The molecule has 5 heteroatoms. The molecule has 26 heavy (non-hydrogen) atoms. The Morgan fingerprint density at radius 3 is 2.58 bits per heavy atom. The van der Waals surface area contributed by atoms with E-state index in [0.29, 0.717) is 16.5 Å². The minimum Gasteiger partial charge on any atom is -0.391 e. The van der Waals surface area contributed by atoms with Gasteiger partial charge in [0.1, 0.15) is 0 Å². The molecular weight excluding hydrogens is 369 g/mol. The normalized spacial score (nSPS) is 25.9. The second kappa shape index (κ2) is 7.22. The highest BCUT2D eigenvalue weighted by molar-refractivity contribution is 6.35. The number of rotatable bonds is 2. The first-order valence-electron chi connectivity index (χ1n) is 9.10. The van der Waals surface area contributed by atoms with Crippen LogP contribution >= 0.6 is 23.2 Å². The van der Waals surface area contributed by atoms with Gasteiger partial charge in [0.25, 0.3) is 5.91 Å². The van der Waals surface area contributed by atoms with Crippen LogP contribution in [-0.4, -0.2) is 28.1 Å². The topological polar surface area (TPSA) is 40.5 Å². The third-order valence-electron chi connectivity index (χ3n) is 5.60. The minimum atomic E-state index is -0.494. The van der Waals surface area contributed by atoms with Crippen molar-refractivity contribution in [1.82, 2.24) is 4.90 Å². The molecule has 0 unspecified atom stereocenters. The summed E-state index contributed by atoms with van der Waals surface area (Å²) in [6.07, 6.45) is 3.77. The molecular formula is C21H21Cl2NO2. The molecule has 0 radical (unpaired) electrons. The maximum atomic E-state index is 13.4. The van der Waals surface area contributed by atoms with Gasteiger partial charge in [0.15, 0.2) is 0 Å². The average Bonchev–Trinajstić information content (AvgIpc) is 2.63. The van der Waals surface area contributed by atoms with Crippen LogP contribution in [0.15, 0.2) is 42.5 Å². The van der Waals surface area contributed by atoms with Gasteiger partial charge in [-0.05, 0) is 48.6 Å². The Hall–Kier alpha value is -1.55. The average molecular weight is 390 g/mol. The summed E-state index contributed by atoms with van der Waals surface area (Å²) < 4.78 is 0. The Bertz CT molecular complexity index is 839. The summed E-state index contributed by atoms with van der Waals surface area (Å²) in [5.74, 6) is -0.0196. The van der Waals surface area contributed by atoms with E-state index >= 15 is 0 Å². The van der Waals surface area contributed by atoms with Crippen LogP contribution in [0, 0.1) is 0 Å². The van der Waals surface area contributed by atoms with Crippen LogP contribution in [0.25, 0.3) is 0 Å². The Labute approximate surface area is 163 Å². The number of aliphatic hydroxyl groups is 1. The number of nitrogens with zero attached hydrogens (tertiary/aromatic N) is 1. The van der Waals surface area contributed by atoms with Gasteiger partial charge in [0.05, 0.1) is 18.2 Å². The molecule has 0 bridgehead atoms. The summed E-state index contributed by atoms with van der Waals surface area (Å²) in [5.41, 5.74) is 2.64. The number of halogens is 2. The van der Waals surface area contributed by atoms with Gasteiger partial charge in [-0.15, -0.1) is 0 Å². The van der Waals surface area contributed by atoms with E-state index in [1.807, 2.05) is 41.3 Å². The summed E-state index contributed by atoms with van der Waals surface area (Å²) in [4.78, 5) is 15.2. The first-order valence-corrected chi connectivity index (χ1v) is 9.85. The molecule has 136 valence electrons. The number of carbonyl (C=O) groups is 1. The fourth-order valence-electron chi connectivity index (χ4n) is 4.32. The lowest BCUT2D eigenvalue weighted by Gasteiger charge is -2.45. The monoisotopic (exact) mass is 389 g/mol.